The highest BCUT2D eigenvalue weighted by Crippen LogP contribution is 2.27. The Kier molecular flexibility index (Phi) is 7.86. The van der Waals surface area contributed by atoms with Gasteiger partial charge in [-0.3, -0.25) is 4.98 Å². The number of benzene rings is 2. The molecule has 3 aromatic rings. The molecule has 1 aromatic heterocycles. The van der Waals surface area contributed by atoms with Gasteiger partial charge in [-0.25, -0.2) is 0 Å². The molecule has 0 aliphatic heterocycles. The Morgan fingerprint density at radius 2 is 1.45 bits per heavy atom. The molecule has 2 aromatic carbocycles. The second-order valence-corrected chi connectivity index (χ2v) is 7.76. The Bertz CT molecular complexity index is 851. The van der Waals surface area contributed by atoms with Crippen LogP contribution < -0.4 is 4.74 Å². The van der Waals surface area contributed by atoms with Crippen LogP contribution in [0.1, 0.15) is 69.2 Å². The molecule has 0 saturated carbocycles. The molecule has 0 spiro atoms. The summed E-state index contributed by atoms with van der Waals surface area (Å²) in [4.78, 5) is 4.71. The minimum Gasteiger partial charge on any atom is -0.494 e. The maximum absolute atomic E-state index is 5.76. The highest BCUT2D eigenvalue weighted by atomic mass is 16.5. The molecule has 0 aliphatic rings. The van der Waals surface area contributed by atoms with E-state index in [1.165, 1.54) is 35.1 Å². The third kappa shape index (κ3) is 5.93. The Morgan fingerprint density at radius 3 is 2.03 bits per heavy atom. The highest BCUT2D eigenvalue weighted by molar-refractivity contribution is 5.64. The first-order valence-electron chi connectivity index (χ1n) is 11.0. The molecule has 2 nitrogen and oxygen atoms in total. The molecule has 3 rings (SSSR count). The smallest absolute Gasteiger partial charge is 0.119 e. The molecule has 0 amide bonds. The number of pyridine rings is 1. The number of ether oxygens (including phenoxy) is 1. The van der Waals surface area contributed by atoms with Crippen LogP contribution in [0.2, 0.25) is 0 Å². The van der Waals surface area contributed by atoms with Crippen molar-refractivity contribution in [2.75, 3.05) is 6.61 Å². The van der Waals surface area contributed by atoms with Gasteiger partial charge >= 0.3 is 0 Å². The lowest BCUT2D eigenvalue weighted by atomic mass is 9.94. The van der Waals surface area contributed by atoms with E-state index in [1.54, 1.807) is 0 Å². The van der Waals surface area contributed by atoms with Crippen molar-refractivity contribution in [3.8, 4) is 16.9 Å². The van der Waals surface area contributed by atoms with Gasteiger partial charge in [0.25, 0.3) is 0 Å². The predicted octanol–water partition coefficient (Wildman–Crippen LogP) is 7.42. The van der Waals surface area contributed by atoms with E-state index in [1.807, 2.05) is 6.20 Å². The van der Waals surface area contributed by atoms with Crippen LogP contribution in [0.25, 0.3) is 11.1 Å². The highest BCUT2D eigenvalue weighted by Gasteiger charge is 2.10. The van der Waals surface area contributed by atoms with Gasteiger partial charge in [-0.05, 0) is 59.7 Å². The van der Waals surface area contributed by atoms with Crippen LogP contribution in [0.15, 0.2) is 66.9 Å². The van der Waals surface area contributed by atoms with Crippen molar-refractivity contribution in [3.05, 3.63) is 83.7 Å². The van der Waals surface area contributed by atoms with E-state index in [-0.39, 0.29) is 0 Å². The molecule has 0 saturated heterocycles. The molecule has 29 heavy (non-hydrogen) atoms. The first-order valence-corrected chi connectivity index (χ1v) is 11.0. The van der Waals surface area contributed by atoms with Crippen molar-refractivity contribution in [2.45, 2.75) is 58.8 Å². The second kappa shape index (κ2) is 10.8. The van der Waals surface area contributed by atoms with Gasteiger partial charge in [0.1, 0.15) is 5.75 Å². The van der Waals surface area contributed by atoms with Crippen molar-refractivity contribution in [1.82, 2.24) is 4.98 Å². The average Bonchev–Trinajstić information content (AvgIpc) is 2.78. The summed E-state index contributed by atoms with van der Waals surface area (Å²) in [7, 11) is 0. The number of rotatable bonds is 10. The van der Waals surface area contributed by atoms with Crippen LogP contribution in [-0.4, -0.2) is 11.6 Å². The van der Waals surface area contributed by atoms with Gasteiger partial charge in [-0.1, -0.05) is 76.1 Å². The van der Waals surface area contributed by atoms with E-state index < -0.39 is 0 Å². The van der Waals surface area contributed by atoms with Crippen molar-refractivity contribution in [1.29, 1.82) is 0 Å². The van der Waals surface area contributed by atoms with Crippen LogP contribution in [0.3, 0.4) is 0 Å². The van der Waals surface area contributed by atoms with Gasteiger partial charge in [-0.15, -0.1) is 0 Å². The molecule has 0 radical (unpaired) electrons. The van der Waals surface area contributed by atoms with Crippen LogP contribution in [-0.2, 0) is 6.42 Å². The van der Waals surface area contributed by atoms with Gasteiger partial charge in [0.15, 0.2) is 0 Å². The molecule has 2 heteroatoms. The van der Waals surface area contributed by atoms with E-state index in [0.29, 0.717) is 5.92 Å². The van der Waals surface area contributed by atoms with Gasteiger partial charge in [0.2, 0.25) is 0 Å². The Balaban J connectivity index is 1.64. The fourth-order valence-electron chi connectivity index (χ4n) is 3.43. The summed E-state index contributed by atoms with van der Waals surface area (Å²) >= 11 is 0. The maximum Gasteiger partial charge on any atom is 0.119 e. The molecular formula is C27H33NO. The first kappa shape index (κ1) is 21.1. The average molecular weight is 388 g/mol. The zero-order valence-corrected chi connectivity index (χ0v) is 18.0. The fourth-order valence-corrected chi connectivity index (χ4v) is 3.43. The SMILES string of the molecule is CCCCOc1ccc(-c2ccc(C(C)c3ccc(CCCC)cn3)cc2)cc1. The summed E-state index contributed by atoms with van der Waals surface area (Å²) in [6, 6.07) is 21.6. The third-order valence-electron chi connectivity index (χ3n) is 5.48. The van der Waals surface area contributed by atoms with E-state index >= 15 is 0 Å². The zero-order valence-electron chi connectivity index (χ0n) is 18.0. The number of hydrogen-bond acceptors (Lipinski definition) is 2. The summed E-state index contributed by atoms with van der Waals surface area (Å²) in [5, 5.41) is 0. The monoisotopic (exact) mass is 387 g/mol. The van der Waals surface area contributed by atoms with Gasteiger partial charge in [0, 0.05) is 17.8 Å². The molecule has 0 aliphatic carbocycles. The van der Waals surface area contributed by atoms with Gasteiger partial charge in [-0.2, -0.15) is 0 Å². The molecule has 0 N–H and O–H groups in total. The number of unbranched alkanes of at least 4 members (excludes halogenated alkanes) is 2. The number of aromatic nitrogens is 1. The normalized spacial score (nSPS) is 12.0. The summed E-state index contributed by atoms with van der Waals surface area (Å²) in [6.07, 6.45) is 7.86. The minimum absolute atomic E-state index is 0.290. The molecular weight excluding hydrogens is 354 g/mol. The topological polar surface area (TPSA) is 22.1 Å². The van der Waals surface area contributed by atoms with Crippen LogP contribution in [0, 0.1) is 0 Å². The quantitative estimate of drug-likeness (QED) is 0.338. The summed E-state index contributed by atoms with van der Waals surface area (Å²) < 4.78 is 5.76. The lowest BCUT2D eigenvalue weighted by molar-refractivity contribution is 0.309. The van der Waals surface area contributed by atoms with Crippen molar-refractivity contribution >= 4 is 0 Å². The Hall–Kier alpha value is -2.61. The summed E-state index contributed by atoms with van der Waals surface area (Å²) in [5.74, 6) is 1.24. The minimum atomic E-state index is 0.290. The van der Waals surface area contributed by atoms with Gasteiger partial charge < -0.3 is 4.74 Å². The third-order valence-corrected chi connectivity index (χ3v) is 5.48. The van der Waals surface area contributed by atoms with Crippen molar-refractivity contribution in [3.63, 3.8) is 0 Å². The molecule has 0 bridgehead atoms. The number of aryl methyl sites for hydroxylation is 1. The van der Waals surface area contributed by atoms with Crippen LogP contribution in [0.4, 0.5) is 0 Å². The zero-order chi connectivity index (χ0) is 20.5. The lowest BCUT2D eigenvalue weighted by Gasteiger charge is -2.13. The predicted molar refractivity (Wildman–Crippen MR) is 123 cm³/mol. The van der Waals surface area contributed by atoms with Gasteiger partial charge in [0.05, 0.1) is 6.61 Å². The first-order chi connectivity index (χ1) is 14.2. The number of nitrogens with zero attached hydrogens (tertiary/aromatic N) is 1. The summed E-state index contributed by atoms with van der Waals surface area (Å²) in [6.45, 7) is 7.42. The molecule has 1 unspecified atom stereocenters. The van der Waals surface area contributed by atoms with E-state index in [0.717, 1.165) is 37.3 Å². The largest absolute Gasteiger partial charge is 0.494 e. The molecule has 1 atom stereocenters. The van der Waals surface area contributed by atoms with E-state index in [9.17, 15) is 0 Å². The molecule has 152 valence electrons. The van der Waals surface area contributed by atoms with Crippen LogP contribution in [0.5, 0.6) is 5.75 Å². The summed E-state index contributed by atoms with van der Waals surface area (Å²) in [5.41, 5.74) is 6.20. The fraction of sp³-hybridized carbons (Fsp3) is 0.370. The lowest BCUT2D eigenvalue weighted by Crippen LogP contribution is -2.00. The molecule has 1 heterocycles. The second-order valence-electron chi connectivity index (χ2n) is 7.76. The molecule has 0 fully saturated rings. The Labute approximate surface area is 176 Å². The Morgan fingerprint density at radius 1 is 0.793 bits per heavy atom. The standard InChI is InChI=1S/C27H33NO/c1-4-6-8-22-9-18-27(28-20-22)21(3)23-10-12-24(13-11-23)25-14-16-26(17-15-25)29-19-7-5-2/h9-18,20-21H,4-8,19H2,1-3H3. The van der Waals surface area contributed by atoms with Crippen molar-refractivity contribution in [2.24, 2.45) is 0 Å². The van der Waals surface area contributed by atoms with E-state index in [4.69, 9.17) is 9.72 Å². The maximum atomic E-state index is 5.76. The number of hydrogen-bond donors (Lipinski definition) is 0. The van der Waals surface area contributed by atoms with Crippen LogP contribution >= 0.6 is 0 Å². The van der Waals surface area contributed by atoms with Crippen molar-refractivity contribution < 1.29 is 4.74 Å². The van der Waals surface area contributed by atoms with E-state index in [2.05, 4.69) is 81.4 Å².